The van der Waals surface area contributed by atoms with E-state index >= 15 is 0 Å². The van der Waals surface area contributed by atoms with Crippen LogP contribution in [0.3, 0.4) is 0 Å². The number of likely N-dealkylation sites (tertiary alicyclic amines) is 1. The summed E-state index contributed by atoms with van der Waals surface area (Å²) in [6.07, 6.45) is 6.85. The lowest BCUT2D eigenvalue weighted by molar-refractivity contribution is 0.160. The van der Waals surface area contributed by atoms with E-state index in [0.29, 0.717) is 12.0 Å². The van der Waals surface area contributed by atoms with E-state index in [1.54, 1.807) is 0 Å². The fourth-order valence-corrected chi connectivity index (χ4v) is 2.13. The van der Waals surface area contributed by atoms with E-state index in [9.17, 15) is 0 Å². The number of rotatable bonds is 3. The summed E-state index contributed by atoms with van der Waals surface area (Å²) in [6.45, 7) is 6.65. The fourth-order valence-electron chi connectivity index (χ4n) is 2.13. The van der Waals surface area contributed by atoms with Crippen molar-refractivity contribution in [1.29, 1.82) is 0 Å². The highest BCUT2D eigenvalue weighted by Crippen LogP contribution is 2.14. The van der Waals surface area contributed by atoms with Gasteiger partial charge in [0.2, 0.25) is 0 Å². The van der Waals surface area contributed by atoms with Gasteiger partial charge in [-0.25, -0.2) is 4.98 Å². The van der Waals surface area contributed by atoms with Crippen LogP contribution in [0, 0.1) is 5.92 Å². The van der Waals surface area contributed by atoms with Crippen LogP contribution in [-0.2, 0) is 6.54 Å². The van der Waals surface area contributed by atoms with E-state index < -0.39 is 0 Å². The van der Waals surface area contributed by atoms with E-state index in [-0.39, 0.29) is 0 Å². The van der Waals surface area contributed by atoms with Gasteiger partial charge in [-0.05, 0) is 18.9 Å². The number of piperidine rings is 1. The Hall–Kier alpha value is -0.870. The zero-order valence-electron chi connectivity index (χ0n) is 9.34. The molecule has 2 N–H and O–H groups in total. The van der Waals surface area contributed by atoms with Gasteiger partial charge >= 0.3 is 0 Å². The Morgan fingerprint density at radius 1 is 1.47 bits per heavy atom. The highest BCUT2D eigenvalue weighted by molar-refractivity contribution is 4.81. The summed E-state index contributed by atoms with van der Waals surface area (Å²) >= 11 is 0. The minimum atomic E-state index is 0.398. The van der Waals surface area contributed by atoms with E-state index in [4.69, 9.17) is 5.73 Å². The Kier molecular flexibility index (Phi) is 3.38. The molecule has 1 saturated heterocycles. The fraction of sp³-hybridized carbons (Fsp3) is 0.727. The molecule has 15 heavy (non-hydrogen) atoms. The zero-order valence-corrected chi connectivity index (χ0v) is 9.34. The largest absolute Gasteiger partial charge is 0.336 e. The number of hydrogen-bond donors (Lipinski definition) is 1. The maximum absolute atomic E-state index is 5.99. The van der Waals surface area contributed by atoms with Crippen molar-refractivity contribution in [3.8, 4) is 0 Å². The Morgan fingerprint density at radius 3 is 3.00 bits per heavy atom. The lowest BCUT2D eigenvalue weighted by Crippen LogP contribution is -2.46. The quantitative estimate of drug-likeness (QED) is 0.789. The predicted molar refractivity (Wildman–Crippen MR) is 60.4 cm³/mol. The third-order valence-corrected chi connectivity index (χ3v) is 3.29. The van der Waals surface area contributed by atoms with Gasteiger partial charge in [0, 0.05) is 38.1 Å². The van der Waals surface area contributed by atoms with Crippen molar-refractivity contribution in [1.82, 2.24) is 14.5 Å². The third-order valence-electron chi connectivity index (χ3n) is 3.29. The summed E-state index contributed by atoms with van der Waals surface area (Å²) in [7, 11) is 0. The van der Waals surface area contributed by atoms with Gasteiger partial charge in [-0.1, -0.05) is 6.92 Å². The van der Waals surface area contributed by atoms with Crippen LogP contribution >= 0.6 is 0 Å². The molecule has 2 unspecified atom stereocenters. The van der Waals surface area contributed by atoms with Crippen molar-refractivity contribution in [2.24, 2.45) is 11.7 Å². The molecule has 2 rings (SSSR count). The highest BCUT2D eigenvalue weighted by Gasteiger charge is 2.22. The second-order valence-corrected chi connectivity index (χ2v) is 4.53. The van der Waals surface area contributed by atoms with Crippen LogP contribution < -0.4 is 5.73 Å². The molecule has 1 aromatic rings. The number of hydrogen-bond acceptors (Lipinski definition) is 3. The van der Waals surface area contributed by atoms with Gasteiger partial charge in [-0.3, -0.25) is 0 Å². The van der Waals surface area contributed by atoms with E-state index in [1.165, 1.54) is 0 Å². The van der Waals surface area contributed by atoms with Gasteiger partial charge < -0.3 is 15.2 Å². The van der Waals surface area contributed by atoms with Crippen LogP contribution in [0.5, 0.6) is 0 Å². The summed E-state index contributed by atoms with van der Waals surface area (Å²) in [5, 5.41) is 0. The minimum Gasteiger partial charge on any atom is -0.336 e. The van der Waals surface area contributed by atoms with Crippen LogP contribution in [-0.4, -0.2) is 40.1 Å². The lowest BCUT2D eigenvalue weighted by Gasteiger charge is -2.35. The molecule has 1 fully saturated rings. The van der Waals surface area contributed by atoms with Crippen LogP contribution in [0.4, 0.5) is 0 Å². The monoisotopic (exact) mass is 208 g/mol. The summed E-state index contributed by atoms with van der Waals surface area (Å²) < 4.78 is 2.12. The summed E-state index contributed by atoms with van der Waals surface area (Å²) in [5.41, 5.74) is 5.99. The van der Waals surface area contributed by atoms with Gasteiger partial charge in [0.05, 0.1) is 6.33 Å². The van der Waals surface area contributed by atoms with Crippen LogP contribution in [0.15, 0.2) is 18.7 Å². The predicted octanol–water partition coefficient (Wildman–Crippen LogP) is 0.552. The molecule has 0 radical (unpaired) electrons. The summed E-state index contributed by atoms with van der Waals surface area (Å²) in [6, 6.07) is 0.398. The Morgan fingerprint density at radius 2 is 2.33 bits per heavy atom. The second kappa shape index (κ2) is 4.77. The molecule has 0 amide bonds. The van der Waals surface area contributed by atoms with Gasteiger partial charge in [-0.15, -0.1) is 0 Å². The van der Waals surface area contributed by atoms with E-state index in [1.807, 2.05) is 18.7 Å². The standard InChI is InChI=1S/C11H20N4/c1-10-8-14(4-2-11(10)12)6-7-15-5-3-13-9-15/h3,5,9-11H,2,4,6-8,12H2,1H3. The van der Waals surface area contributed by atoms with Crippen molar-refractivity contribution in [3.05, 3.63) is 18.7 Å². The molecular formula is C11H20N4. The van der Waals surface area contributed by atoms with Gasteiger partial charge in [-0.2, -0.15) is 0 Å². The molecule has 0 bridgehead atoms. The summed E-state index contributed by atoms with van der Waals surface area (Å²) in [4.78, 5) is 6.53. The zero-order chi connectivity index (χ0) is 10.7. The number of nitrogens with two attached hydrogens (primary N) is 1. The van der Waals surface area contributed by atoms with Gasteiger partial charge in [0.1, 0.15) is 0 Å². The van der Waals surface area contributed by atoms with E-state index in [2.05, 4.69) is 21.4 Å². The number of aromatic nitrogens is 2. The lowest BCUT2D eigenvalue weighted by atomic mass is 9.95. The first-order chi connectivity index (χ1) is 7.25. The van der Waals surface area contributed by atoms with Gasteiger partial charge in [0.25, 0.3) is 0 Å². The first-order valence-electron chi connectivity index (χ1n) is 5.69. The molecule has 2 heterocycles. The average molecular weight is 208 g/mol. The molecule has 84 valence electrons. The smallest absolute Gasteiger partial charge is 0.0946 e. The topological polar surface area (TPSA) is 47.1 Å². The molecule has 4 heteroatoms. The normalized spacial score (nSPS) is 28.1. The molecular weight excluding hydrogens is 188 g/mol. The van der Waals surface area contributed by atoms with Gasteiger partial charge in [0.15, 0.2) is 0 Å². The van der Waals surface area contributed by atoms with Crippen molar-refractivity contribution >= 4 is 0 Å². The minimum absolute atomic E-state index is 0.398. The number of imidazole rings is 1. The maximum Gasteiger partial charge on any atom is 0.0946 e. The maximum atomic E-state index is 5.99. The molecule has 1 aliphatic rings. The molecule has 0 saturated carbocycles. The van der Waals surface area contributed by atoms with Crippen LogP contribution in [0.2, 0.25) is 0 Å². The molecule has 0 spiro atoms. The second-order valence-electron chi connectivity index (χ2n) is 4.53. The Labute approximate surface area is 91.1 Å². The van der Waals surface area contributed by atoms with Crippen LogP contribution in [0.1, 0.15) is 13.3 Å². The average Bonchev–Trinajstić information content (AvgIpc) is 2.73. The molecule has 2 atom stereocenters. The van der Waals surface area contributed by atoms with Crippen molar-refractivity contribution in [2.75, 3.05) is 19.6 Å². The third kappa shape index (κ3) is 2.79. The van der Waals surface area contributed by atoms with E-state index in [0.717, 1.165) is 32.6 Å². The SMILES string of the molecule is CC1CN(CCn2ccnc2)CCC1N. The van der Waals surface area contributed by atoms with Crippen molar-refractivity contribution < 1.29 is 0 Å². The van der Waals surface area contributed by atoms with Crippen molar-refractivity contribution in [3.63, 3.8) is 0 Å². The molecule has 1 aromatic heterocycles. The molecule has 0 aromatic carbocycles. The number of nitrogens with zero attached hydrogens (tertiary/aromatic N) is 3. The summed E-state index contributed by atoms with van der Waals surface area (Å²) in [5.74, 6) is 0.626. The highest BCUT2D eigenvalue weighted by atomic mass is 15.2. The molecule has 1 aliphatic heterocycles. The van der Waals surface area contributed by atoms with Crippen LogP contribution in [0.25, 0.3) is 0 Å². The Bertz CT molecular complexity index is 283. The Balaban J connectivity index is 1.76. The molecule has 4 nitrogen and oxygen atoms in total. The van der Waals surface area contributed by atoms with Crippen molar-refractivity contribution in [2.45, 2.75) is 25.9 Å². The molecule has 0 aliphatic carbocycles. The first kappa shape index (κ1) is 10.6. The first-order valence-corrected chi connectivity index (χ1v) is 5.69.